The molecule has 0 radical (unpaired) electrons. The lowest BCUT2D eigenvalue weighted by Crippen LogP contribution is -2.10. The van der Waals surface area contributed by atoms with Crippen LogP contribution < -0.4 is 0 Å². The highest BCUT2D eigenvalue weighted by molar-refractivity contribution is 5.32. The predicted molar refractivity (Wildman–Crippen MR) is 71.2 cm³/mol. The van der Waals surface area contributed by atoms with Crippen LogP contribution in [0.2, 0.25) is 0 Å². The molecule has 0 spiro atoms. The Morgan fingerprint density at radius 1 is 1.44 bits per heavy atom. The van der Waals surface area contributed by atoms with Crippen molar-refractivity contribution in [2.75, 3.05) is 0 Å². The van der Waals surface area contributed by atoms with Gasteiger partial charge in [-0.25, -0.2) is 0 Å². The van der Waals surface area contributed by atoms with Gasteiger partial charge in [0.2, 0.25) is 0 Å². The molecule has 0 heterocycles. The summed E-state index contributed by atoms with van der Waals surface area (Å²) in [6.45, 7) is 15.4. The van der Waals surface area contributed by atoms with Crippen LogP contribution >= 0.6 is 0 Å². The van der Waals surface area contributed by atoms with Crippen LogP contribution in [-0.4, -0.2) is 0 Å². The summed E-state index contributed by atoms with van der Waals surface area (Å²) in [5, 5.41) is 0. The standard InChI is InChI=1S/C16H24/c1-10(2)7-11(3)13-9-15-14(8-12(13)4)16(15,5)6/h7-8,13-15H,1,9H2,2-6H3/b11-7-. The summed E-state index contributed by atoms with van der Waals surface area (Å²) in [7, 11) is 0. The van der Waals surface area contributed by atoms with Gasteiger partial charge in [-0.15, -0.1) is 0 Å². The van der Waals surface area contributed by atoms with Crippen molar-refractivity contribution < 1.29 is 0 Å². The number of rotatable bonds is 2. The van der Waals surface area contributed by atoms with Crippen LogP contribution in [-0.2, 0) is 0 Å². The highest BCUT2D eigenvalue weighted by atomic mass is 14.6. The second kappa shape index (κ2) is 3.61. The van der Waals surface area contributed by atoms with Crippen LogP contribution in [0.25, 0.3) is 0 Å². The van der Waals surface area contributed by atoms with E-state index in [1.807, 2.05) is 0 Å². The first-order chi connectivity index (χ1) is 7.34. The molecule has 2 aliphatic carbocycles. The van der Waals surface area contributed by atoms with E-state index in [1.54, 1.807) is 5.57 Å². The fraction of sp³-hybridized carbons (Fsp3) is 0.625. The van der Waals surface area contributed by atoms with Crippen LogP contribution in [0, 0.1) is 23.2 Å². The Morgan fingerprint density at radius 2 is 2.06 bits per heavy atom. The summed E-state index contributed by atoms with van der Waals surface area (Å²) in [5.41, 5.74) is 4.78. The Kier molecular flexibility index (Phi) is 2.64. The Hall–Kier alpha value is -0.780. The normalized spacial score (nSPS) is 36.4. The first kappa shape index (κ1) is 11.7. The zero-order valence-corrected chi connectivity index (χ0v) is 11.3. The zero-order chi connectivity index (χ0) is 12.1. The molecular weight excluding hydrogens is 192 g/mol. The van der Waals surface area contributed by atoms with Gasteiger partial charge in [0.1, 0.15) is 0 Å². The molecule has 88 valence electrons. The molecule has 16 heavy (non-hydrogen) atoms. The van der Waals surface area contributed by atoms with E-state index in [2.05, 4.69) is 53.3 Å². The lowest BCUT2D eigenvalue weighted by Gasteiger charge is -2.22. The highest BCUT2D eigenvalue weighted by Gasteiger charge is 2.58. The average Bonchev–Trinajstić information content (AvgIpc) is 2.65. The van der Waals surface area contributed by atoms with Crippen molar-refractivity contribution in [1.29, 1.82) is 0 Å². The topological polar surface area (TPSA) is 0 Å². The van der Waals surface area contributed by atoms with Gasteiger partial charge >= 0.3 is 0 Å². The molecule has 3 atom stereocenters. The first-order valence-corrected chi connectivity index (χ1v) is 6.36. The lowest BCUT2D eigenvalue weighted by atomic mass is 9.83. The third-order valence-electron chi connectivity index (χ3n) is 4.64. The maximum atomic E-state index is 3.98. The number of allylic oxidation sites excluding steroid dienone is 5. The molecule has 3 unspecified atom stereocenters. The van der Waals surface area contributed by atoms with E-state index in [9.17, 15) is 0 Å². The van der Waals surface area contributed by atoms with Gasteiger partial charge in [0.25, 0.3) is 0 Å². The van der Waals surface area contributed by atoms with E-state index in [-0.39, 0.29) is 0 Å². The van der Waals surface area contributed by atoms with Crippen molar-refractivity contribution >= 4 is 0 Å². The second-order valence-corrected chi connectivity index (χ2v) is 6.39. The molecule has 0 heteroatoms. The average molecular weight is 216 g/mol. The maximum absolute atomic E-state index is 3.98. The van der Waals surface area contributed by atoms with Crippen molar-refractivity contribution in [2.24, 2.45) is 23.2 Å². The van der Waals surface area contributed by atoms with Gasteiger partial charge in [0.15, 0.2) is 0 Å². The number of hydrogen-bond donors (Lipinski definition) is 0. The van der Waals surface area contributed by atoms with Gasteiger partial charge < -0.3 is 0 Å². The summed E-state index contributed by atoms with van der Waals surface area (Å²) in [6, 6.07) is 0. The molecule has 1 fully saturated rings. The van der Waals surface area contributed by atoms with Crippen LogP contribution in [0.5, 0.6) is 0 Å². The van der Waals surface area contributed by atoms with Crippen molar-refractivity contribution in [1.82, 2.24) is 0 Å². The molecule has 0 bridgehead atoms. The van der Waals surface area contributed by atoms with Gasteiger partial charge in [-0.2, -0.15) is 0 Å². The smallest absolute Gasteiger partial charge is 0.000776 e. The van der Waals surface area contributed by atoms with Crippen LogP contribution in [0.4, 0.5) is 0 Å². The molecule has 0 saturated heterocycles. The fourth-order valence-electron chi connectivity index (χ4n) is 3.44. The monoisotopic (exact) mass is 216 g/mol. The van der Waals surface area contributed by atoms with Crippen molar-refractivity contribution in [3.05, 3.63) is 35.5 Å². The first-order valence-electron chi connectivity index (χ1n) is 6.36. The van der Waals surface area contributed by atoms with Crippen LogP contribution in [0.15, 0.2) is 35.5 Å². The molecular formula is C16H24. The van der Waals surface area contributed by atoms with Gasteiger partial charge in [-0.1, -0.05) is 49.3 Å². The molecule has 1 saturated carbocycles. The van der Waals surface area contributed by atoms with E-state index in [4.69, 9.17) is 0 Å². The predicted octanol–water partition coefficient (Wildman–Crippen LogP) is 4.75. The van der Waals surface area contributed by atoms with Crippen molar-refractivity contribution in [3.8, 4) is 0 Å². The van der Waals surface area contributed by atoms with E-state index >= 15 is 0 Å². The number of hydrogen-bond acceptors (Lipinski definition) is 0. The Balaban J connectivity index is 2.19. The maximum Gasteiger partial charge on any atom is 0.000776 e. The van der Waals surface area contributed by atoms with E-state index in [0.717, 1.165) is 11.8 Å². The lowest BCUT2D eigenvalue weighted by molar-refractivity contribution is 0.486. The van der Waals surface area contributed by atoms with Gasteiger partial charge in [-0.05, 0) is 44.4 Å². The molecule has 2 aliphatic rings. The SMILES string of the molecule is C=C(C)/C=C(/C)C1CC2C(C=C1C)C2(C)C. The van der Waals surface area contributed by atoms with Crippen LogP contribution in [0.3, 0.4) is 0 Å². The quantitative estimate of drug-likeness (QED) is 0.461. The Bertz CT molecular complexity index is 379. The third kappa shape index (κ3) is 1.79. The van der Waals surface area contributed by atoms with E-state index < -0.39 is 0 Å². The van der Waals surface area contributed by atoms with E-state index in [1.165, 1.54) is 17.6 Å². The summed E-state index contributed by atoms with van der Waals surface area (Å²) in [5.74, 6) is 2.43. The molecule has 0 aromatic heterocycles. The minimum absolute atomic E-state index is 0.555. The molecule has 0 N–H and O–H groups in total. The molecule has 0 aliphatic heterocycles. The van der Waals surface area contributed by atoms with Gasteiger partial charge in [0.05, 0.1) is 0 Å². The minimum atomic E-state index is 0.555. The van der Waals surface area contributed by atoms with Gasteiger partial charge in [0, 0.05) is 5.92 Å². The van der Waals surface area contributed by atoms with E-state index in [0.29, 0.717) is 11.3 Å². The summed E-state index contributed by atoms with van der Waals surface area (Å²) < 4.78 is 0. The second-order valence-electron chi connectivity index (χ2n) is 6.39. The van der Waals surface area contributed by atoms with Crippen LogP contribution in [0.1, 0.15) is 41.0 Å². The molecule has 0 amide bonds. The fourth-order valence-corrected chi connectivity index (χ4v) is 3.44. The minimum Gasteiger partial charge on any atom is -0.0961 e. The molecule has 2 rings (SSSR count). The largest absolute Gasteiger partial charge is 0.0961 e. The zero-order valence-electron chi connectivity index (χ0n) is 11.3. The Morgan fingerprint density at radius 3 is 2.62 bits per heavy atom. The highest BCUT2D eigenvalue weighted by Crippen LogP contribution is 2.65. The third-order valence-corrected chi connectivity index (χ3v) is 4.64. The molecule has 0 nitrogen and oxygen atoms in total. The van der Waals surface area contributed by atoms with Gasteiger partial charge in [-0.3, -0.25) is 0 Å². The molecule has 0 aromatic carbocycles. The Labute approximate surface area is 100 Å². The number of fused-ring (bicyclic) bond motifs is 1. The summed E-state index contributed by atoms with van der Waals surface area (Å²) in [4.78, 5) is 0. The van der Waals surface area contributed by atoms with Crippen molar-refractivity contribution in [3.63, 3.8) is 0 Å². The summed E-state index contributed by atoms with van der Waals surface area (Å²) in [6.07, 6.45) is 6.11. The summed E-state index contributed by atoms with van der Waals surface area (Å²) >= 11 is 0. The molecule has 0 aromatic rings. The van der Waals surface area contributed by atoms with Crippen molar-refractivity contribution in [2.45, 2.75) is 41.0 Å².